The van der Waals surface area contributed by atoms with Crippen LogP contribution in [0.15, 0.2) is 6.33 Å². The van der Waals surface area contributed by atoms with Crippen LogP contribution in [-0.4, -0.2) is 44.7 Å². The van der Waals surface area contributed by atoms with Crippen LogP contribution in [0.1, 0.15) is 0 Å². The highest BCUT2D eigenvalue weighted by atomic mass is 32.2. The highest BCUT2D eigenvalue weighted by Crippen LogP contribution is 2.27. The van der Waals surface area contributed by atoms with Crippen LogP contribution in [0, 0.1) is 10.1 Å². The Bertz CT molecular complexity index is 439. The number of nitro groups is 1. The van der Waals surface area contributed by atoms with Gasteiger partial charge in [-0.15, -0.1) is 0 Å². The van der Waals surface area contributed by atoms with Gasteiger partial charge in [0.25, 0.3) is 0 Å². The average Bonchev–Trinajstić information content (AvgIpc) is 2.27. The lowest BCUT2D eigenvalue weighted by Crippen LogP contribution is -2.13. The summed E-state index contributed by atoms with van der Waals surface area (Å²) >= 11 is 0. The van der Waals surface area contributed by atoms with Gasteiger partial charge in [-0.05, 0) is 0 Å². The molecule has 0 spiro atoms. The maximum atomic E-state index is 10.9. The number of nitrogens with one attached hydrogen (secondary N) is 2. The minimum atomic E-state index is -0.955. The summed E-state index contributed by atoms with van der Waals surface area (Å²) in [6.07, 6.45) is 2.79. The Morgan fingerprint density at radius 2 is 2.12 bits per heavy atom. The summed E-state index contributed by atoms with van der Waals surface area (Å²) < 4.78 is 10.9. The van der Waals surface area contributed by atoms with Gasteiger partial charge < -0.3 is 10.6 Å². The Labute approximate surface area is 100 Å². The Hall–Kier alpha value is -1.77. The van der Waals surface area contributed by atoms with Gasteiger partial charge in [0.1, 0.15) is 6.33 Å². The number of nitrogens with zero attached hydrogens (tertiary/aromatic N) is 3. The summed E-state index contributed by atoms with van der Waals surface area (Å²) in [7, 11) is 0.587. The van der Waals surface area contributed by atoms with E-state index in [1.807, 2.05) is 0 Å². The van der Waals surface area contributed by atoms with E-state index in [9.17, 15) is 14.3 Å². The van der Waals surface area contributed by atoms with Crippen molar-refractivity contribution >= 4 is 28.1 Å². The molecule has 1 unspecified atom stereocenters. The molecule has 1 atom stereocenters. The van der Waals surface area contributed by atoms with Gasteiger partial charge >= 0.3 is 5.69 Å². The van der Waals surface area contributed by atoms with Gasteiger partial charge in [-0.1, -0.05) is 0 Å². The zero-order valence-electron chi connectivity index (χ0n) is 9.47. The number of hydrogen-bond donors (Lipinski definition) is 2. The molecule has 17 heavy (non-hydrogen) atoms. The molecular weight excluding hydrogens is 246 g/mol. The molecule has 0 aromatic carbocycles. The van der Waals surface area contributed by atoms with Gasteiger partial charge in [0.2, 0.25) is 11.6 Å². The van der Waals surface area contributed by atoms with E-state index >= 15 is 0 Å². The van der Waals surface area contributed by atoms with Gasteiger partial charge in [-0.25, -0.2) is 9.97 Å². The number of aromatic nitrogens is 2. The molecule has 1 rings (SSSR count). The number of hydrogen-bond acceptors (Lipinski definition) is 7. The Kier molecular flexibility index (Phi) is 4.76. The van der Waals surface area contributed by atoms with Crippen LogP contribution in [-0.2, 0) is 10.8 Å². The normalized spacial score (nSPS) is 11.9. The van der Waals surface area contributed by atoms with Crippen LogP contribution in [0.4, 0.5) is 17.3 Å². The van der Waals surface area contributed by atoms with Crippen molar-refractivity contribution in [2.45, 2.75) is 0 Å². The largest absolute Gasteiger partial charge is 0.367 e. The van der Waals surface area contributed by atoms with Gasteiger partial charge in [-0.2, -0.15) is 0 Å². The van der Waals surface area contributed by atoms with E-state index in [0.717, 1.165) is 0 Å². The maximum absolute atomic E-state index is 10.9. The molecule has 8 nitrogen and oxygen atoms in total. The molecular formula is C8H13N5O3S. The van der Waals surface area contributed by atoms with E-state index in [-0.39, 0.29) is 17.3 Å². The second-order valence-corrected chi connectivity index (χ2v) is 4.69. The molecule has 0 aliphatic carbocycles. The lowest BCUT2D eigenvalue weighted by Gasteiger charge is -2.07. The van der Waals surface area contributed by atoms with Crippen LogP contribution in [0.5, 0.6) is 0 Å². The first kappa shape index (κ1) is 13.3. The molecule has 0 aliphatic heterocycles. The SMILES string of the molecule is CNc1ncnc(NCCS(C)=O)c1[N+](=O)[O-]. The standard InChI is InChI=1S/C8H13N5O3S/c1-9-7-6(13(14)15)8(12-5-11-7)10-3-4-17(2)16/h5H,3-4H2,1-2H3,(H2,9,10,11,12). The van der Waals surface area contributed by atoms with Gasteiger partial charge in [0.15, 0.2) is 0 Å². The minimum absolute atomic E-state index is 0.125. The predicted molar refractivity (Wildman–Crippen MR) is 65.7 cm³/mol. The topological polar surface area (TPSA) is 110 Å². The van der Waals surface area contributed by atoms with Crippen LogP contribution >= 0.6 is 0 Å². The van der Waals surface area contributed by atoms with Crippen LogP contribution in [0.3, 0.4) is 0 Å². The van der Waals surface area contributed by atoms with Crippen molar-refractivity contribution in [2.24, 2.45) is 0 Å². The van der Waals surface area contributed by atoms with Crippen LogP contribution < -0.4 is 10.6 Å². The Morgan fingerprint density at radius 3 is 2.65 bits per heavy atom. The smallest absolute Gasteiger partial charge is 0.353 e. The van der Waals surface area contributed by atoms with E-state index < -0.39 is 15.7 Å². The second kappa shape index (κ2) is 6.09. The first-order chi connectivity index (χ1) is 8.06. The van der Waals surface area contributed by atoms with E-state index in [0.29, 0.717) is 12.3 Å². The number of rotatable bonds is 6. The second-order valence-electron chi connectivity index (χ2n) is 3.13. The Morgan fingerprint density at radius 1 is 1.47 bits per heavy atom. The predicted octanol–water partition coefficient (Wildman–Crippen LogP) is 0.217. The summed E-state index contributed by atoms with van der Waals surface area (Å²) in [4.78, 5) is 17.9. The zero-order valence-corrected chi connectivity index (χ0v) is 10.3. The van der Waals surface area contributed by atoms with Crippen molar-refractivity contribution in [2.75, 3.05) is 36.2 Å². The molecule has 1 aromatic rings. The molecule has 0 radical (unpaired) electrons. The van der Waals surface area contributed by atoms with Crippen LogP contribution in [0.25, 0.3) is 0 Å². The third kappa shape index (κ3) is 3.63. The monoisotopic (exact) mass is 259 g/mol. The molecule has 0 bridgehead atoms. The van der Waals surface area contributed by atoms with Crippen molar-refractivity contribution in [1.82, 2.24) is 9.97 Å². The molecule has 94 valence electrons. The summed E-state index contributed by atoms with van der Waals surface area (Å²) in [5.74, 6) is 0.667. The van der Waals surface area contributed by atoms with Gasteiger partial charge in [0, 0.05) is 36.4 Å². The van der Waals surface area contributed by atoms with E-state index in [4.69, 9.17) is 0 Å². The maximum Gasteiger partial charge on any atom is 0.353 e. The van der Waals surface area contributed by atoms with Crippen molar-refractivity contribution in [3.63, 3.8) is 0 Å². The molecule has 9 heteroatoms. The lowest BCUT2D eigenvalue weighted by molar-refractivity contribution is -0.383. The summed E-state index contributed by atoms with van der Waals surface area (Å²) in [6.45, 7) is 0.351. The quantitative estimate of drug-likeness (QED) is 0.555. The van der Waals surface area contributed by atoms with Crippen molar-refractivity contribution in [3.8, 4) is 0 Å². The molecule has 0 aliphatic rings. The number of anilines is 2. The molecule has 0 saturated heterocycles. The average molecular weight is 259 g/mol. The Balaban J connectivity index is 2.90. The summed E-state index contributed by atoms with van der Waals surface area (Å²) in [6, 6.07) is 0. The third-order valence-electron chi connectivity index (χ3n) is 1.92. The summed E-state index contributed by atoms with van der Waals surface area (Å²) in [5.41, 5.74) is -0.211. The van der Waals surface area contributed by atoms with E-state index in [1.165, 1.54) is 6.33 Å². The van der Waals surface area contributed by atoms with E-state index in [1.54, 1.807) is 13.3 Å². The zero-order chi connectivity index (χ0) is 12.8. The van der Waals surface area contributed by atoms with E-state index in [2.05, 4.69) is 20.6 Å². The fourth-order valence-electron chi connectivity index (χ4n) is 1.18. The minimum Gasteiger partial charge on any atom is -0.367 e. The fourth-order valence-corrected chi connectivity index (χ4v) is 1.57. The molecule has 0 amide bonds. The molecule has 1 aromatic heterocycles. The van der Waals surface area contributed by atoms with Crippen LogP contribution in [0.2, 0.25) is 0 Å². The fraction of sp³-hybridized carbons (Fsp3) is 0.500. The highest BCUT2D eigenvalue weighted by Gasteiger charge is 2.21. The molecule has 1 heterocycles. The highest BCUT2D eigenvalue weighted by molar-refractivity contribution is 7.84. The van der Waals surface area contributed by atoms with Crippen molar-refractivity contribution < 1.29 is 9.13 Å². The molecule has 2 N–H and O–H groups in total. The first-order valence-corrected chi connectivity index (χ1v) is 6.50. The lowest BCUT2D eigenvalue weighted by atomic mass is 10.4. The molecule has 0 fully saturated rings. The molecule has 0 saturated carbocycles. The third-order valence-corrected chi connectivity index (χ3v) is 2.70. The van der Waals surface area contributed by atoms with Crippen molar-refractivity contribution in [3.05, 3.63) is 16.4 Å². The first-order valence-electron chi connectivity index (χ1n) is 4.77. The summed E-state index contributed by atoms with van der Waals surface area (Å²) in [5, 5.41) is 16.3. The van der Waals surface area contributed by atoms with Crippen molar-refractivity contribution in [1.29, 1.82) is 0 Å². The van der Waals surface area contributed by atoms with Gasteiger partial charge in [0.05, 0.1) is 4.92 Å². The van der Waals surface area contributed by atoms with Gasteiger partial charge in [-0.3, -0.25) is 14.3 Å².